The second kappa shape index (κ2) is 5.04. The quantitative estimate of drug-likeness (QED) is 0.911. The maximum atomic E-state index is 12.2. The van der Waals surface area contributed by atoms with E-state index in [1.165, 1.54) is 0 Å². The highest BCUT2D eigenvalue weighted by atomic mass is 16.5. The van der Waals surface area contributed by atoms with E-state index < -0.39 is 0 Å². The normalized spacial score (nSPS) is 19.3. The molecular formula is C16H20N2O2. The summed E-state index contributed by atoms with van der Waals surface area (Å²) >= 11 is 0. The standard InChI is InChI=1S/C16H20N2O2/c1-16(2)11-20-8-7-18(16)10-13-9-12-5-3-4-6-14(12)17-15(13)19/h3-6,9H,7-8,10-11H2,1-2H3,(H,17,19). The number of benzene rings is 1. The number of hydrogen-bond donors (Lipinski definition) is 1. The van der Waals surface area contributed by atoms with Crippen molar-refractivity contribution in [2.24, 2.45) is 0 Å². The first-order valence-corrected chi connectivity index (χ1v) is 7.00. The third-order valence-corrected chi connectivity index (χ3v) is 4.01. The maximum Gasteiger partial charge on any atom is 0.252 e. The van der Waals surface area contributed by atoms with Crippen LogP contribution in [0, 0.1) is 0 Å². The molecule has 0 bridgehead atoms. The molecule has 0 amide bonds. The van der Waals surface area contributed by atoms with Crippen LogP contribution in [0.4, 0.5) is 0 Å². The van der Waals surface area contributed by atoms with Crippen LogP contribution in [0.1, 0.15) is 19.4 Å². The van der Waals surface area contributed by atoms with Crippen molar-refractivity contribution >= 4 is 10.9 Å². The monoisotopic (exact) mass is 272 g/mol. The fourth-order valence-corrected chi connectivity index (χ4v) is 2.70. The van der Waals surface area contributed by atoms with Gasteiger partial charge in [-0.25, -0.2) is 0 Å². The summed E-state index contributed by atoms with van der Waals surface area (Å²) in [5, 5.41) is 1.08. The van der Waals surface area contributed by atoms with Gasteiger partial charge in [0.25, 0.3) is 5.56 Å². The summed E-state index contributed by atoms with van der Waals surface area (Å²) in [4.78, 5) is 17.5. The second-order valence-corrected chi connectivity index (χ2v) is 6.00. The Morgan fingerprint density at radius 3 is 2.95 bits per heavy atom. The molecule has 2 heterocycles. The lowest BCUT2D eigenvalue weighted by Gasteiger charge is -2.42. The van der Waals surface area contributed by atoms with Crippen LogP contribution < -0.4 is 5.56 Å². The number of fused-ring (bicyclic) bond motifs is 1. The topological polar surface area (TPSA) is 45.3 Å². The van der Waals surface area contributed by atoms with Crippen LogP contribution in [0.2, 0.25) is 0 Å². The highest BCUT2D eigenvalue weighted by molar-refractivity contribution is 5.78. The van der Waals surface area contributed by atoms with Gasteiger partial charge in [0, 0.05) is 29.7 Å². The zero-order valence-corrected chi connectivity index (χ0v) is 12.0. The highest BCUT2D eigenvalue weighted by Crippen LogP contribution is 2.21. The van der Waals surface area contributed by atoms with Gasteiger partial charge >= 0.3 is 0 Å². The minimum Gasteiger partial charge on any atom is -0.378 e. The van der Waals surface area contributed by atoms with Gasteiger partial charge in [-0.3, -0.25) is 9.69 Å². The molecule has 0 aliphatic carbocycles. The van der Waals surface area contributed by atoms with Crippen LogP contribution in [0.3, 0.4) is 0 Å². The number of H-pyrrole nitrogens is 1. The van der Waals surface area contributed by atoms with Crippen LogP contribution in [0.5, 0.6) is 0 Å². The van der Waals surface area contributed by atoms with Crippen molar-refractivity contribution in [3.63, 3.8) is 0 Å². The van der Waals surface area contributed by atoms with Crippen molar-refractivity contribution in [1.82, 2.24) is 9.88 Å². The van der Waals surface area contributed by atoms with E-state index >= 15 is 0 Å². The van der Waals surface area contributed by atoms with Crippen molar-refractivity contribution in [1.29, 1.82) is 0 Å². The fourth-order valence-electron chi connectivity index (χ4n) is 2.70. The van der Waals surface area contributed by atoms with E-state index in [0.29, 0.717) is 13.2 Å². The predicted octanol–water partition coefficient (Wildman–Crippen LogP) is 2.14. The van der Waals surface area contributed by atoms with Gasteiger partial charge in [-0.15, -0.1) is 0 Å². The smallest absolute Gasteiger partial charge is 0.252 e. The van der Waals surface area contributed by atoms with Crippen LogP contribution in [0.25, 0.3) is 10.9 Å². The van der Waals surface area contributed by atoms with E-state index in [4.69, 9.17) is 4.74 Å². The van der Waals surface area contributed by atoms with E-state index in [-0.39, 0.29) is 11.1 Å². The van der Waals surface area contributed by atoms with Gasteiger partial charge < -0.3 is 9.72 Å². The molecule has 1 aliphatic heterocycles. The number of morpholine rings is 1. The number of aromatic nitrogens is 1. The lowest BCUT2D eigenvalue weighted by Crippen LogP contribution is -2.52. The average Bonchev–Trinajstić information content (AvgIpc) is 2.41. The highest BCUT2D eigenvalue weighted by Gasteiger charge is 2.30. The molecule has 1 aromatic carbocycles. The van der Waals surface area contributed by atoms with Crippen molar-refractivity contribution in [2.45, 2.75) is 25.9 Å². The Labute approximate surface area is 118 Å². The molecule has 1 saturated heterocycles. The molecule has 0 unspecified atom stereocenters. The summed E-state index contributed by atoms with van der Waals surface area (Å²) in [6.07, 6.45) is 0. The molecule has 2 aromatic rings. The Bertz CT molecular complexity index is 675. The van der Waals surface area contributed by atoms with Gasteiger partial charge in [0.2, 0.25) is 0 Å². The predicted molar refractivity (Wildman–Crippen MR) is 79.9 cm³/mol. The SMILES string of the molecule is CC1(C)COCCN1Cc1cc2ccccc2[nH]c1=O. The molecule has 1 fully saturated rings. The van der Waals surface area contributed by atoms with Gasteiger partial charge in [-0.2, -0.15) is 0 Å². The number of ether oxygens (including phenoxy) is 1. The van der Waals surface area contributed by atoms with Gasteiger partial charge in [0.1, 0.15) is 0 Å². The molecule has 0 atom stereocenters. The van der Waals surface area contributed by atoms with E-state index in [1.807, 2.05) is 30.3 Å². The third kappa shape index (κ3) is 2.49. The Hall–Kier alpha value is -1.65. The molecule has 1 aromatic heterocycles. The molecule has 20 heavy (non-hydrogen) atoms. The number of rotatable bonds is 2. The third-order valence-electron chi connectivity index (χ3n) is 4.01. The zero-order chi connectivity index (χ0) is 14.2. The largest absolute Gasteiger partial charge is 0.378 e. The van der Waals surface area contributed by atoms with Gasteiger partial charge in [0.05, 0.1) is 13.2 Å². The van der Waals surface area contributed by atoms with Crippen LogP contribution in [0.15, 0.2) is 35.1 Å². The molecule has 106 valence electrons. The zero-order valence-electron chi connectivity index (χ0n) is 12.0. The number of aromatic amines is 1. The van der Waals surface area contributed by atoms with Crippen molar-refractivity contribution < 1.29 is 4.74 Å². The van der Waals surface area contributed by atoms with Crippen molar-refractivity contribution in [3.05, 3.63) is 46.2 Å². The first kappa shape index (κ1) is 13.3. The summed E-state index contributed by atoms with van der Waals surface area (Å²) in [5.41, 5.74) is 1.68. The number of hydrogen-bond acceptors (Lipinski definition) is 3. The number of nitrogens with one attached hydrogen (secondary N) is 1. The van der Waals surface area contributed by atoms with E-state index in [1.54, 1.807) is 0 Å². The van der Waals surface area contributed by atoms with E-state index in [0.717, 1.165) is 29.6 Å². The Kier molecular flexibility index (Phi) is 3.36. The minimum absolute atomic E-state index is 0.00555. The van der Waals surface area contributed by atoms with Crippen LogP contribution in [-0.4, -0.2) is 35.2 Å². The van der Waals surface area contributed by atoms with Crippen LogP contribution in [-0.2, 0) is 11.3 Å². The molecule has 1 aliphatic rings. The number of nitrogens with zero attached hydrogens (tertiary/aromatic N) is 1. The summed E-state index contributed by atoms with van der Waals surface area (Å²) in [6, 6.07) is 9.88. The molecule has 0 saturated carbocycles. The lowest BCUT2D eigenvalue weighted by molar-refractivity contribution is -0.0554. The average molecular weight is 272 g/mol. The number of para-hydroxylation sites is 1. The molecule has 3 rings (SSSR count). The summed E-state index contributed by atoms with van der Waals surface area (Å²) in [6.45, 7) is 7.27. The molecule has 0 spiro atoms. The van der Waals surface area contributed by atoms with Crippen molar-refractivity contribution in [2.75, 3.05) is 19.8 Å². The minimum atomic E-state index is -0.0314. The molecule has 0 radical (unpaired) electrons. The molecule has 1 N–H and O–H groups in total. The van der Waals surface area contributed by atoms with Crippen LogP contribution >= 0.6 is 0 Å². The van der Waals surface area contributed by atoms with Gasteiger partial charge in [-0.05, 0) is 31.4 Å². The maximum absolute atomic E-state index is 12.2. The first-order chi connectivity index (χ1) is 9.56. The van der Waals surface area contributed by atoms with E-state index in [9.17, 15) is 4.79 Å². The summed E-state index contributed by atoms with van der Waals surface area (Å²) in [7, 11) is 0. The Morgan fingerprint density at radius 2 is 2.15 bits per heavy atom. The Balaban J connectivity index is 1.94. The molecule has 4 nitrogen and oxygen atoms in total. The van der Waals surface area contributed by atoms with Gasteiger partial charge in [-0.1, -0.05) is 18.2 Å². The van der Waals surface area contributed by atoms with Crippen molar-refractivity contribution in [3.8, 4) is 0 Å². The first-order valence-electron chi connectivity index (χ1n) is 7.00. The number of pyridine rings is 1. The summed E-state index contributed by atoms with van der Waals surface area (Å²) in [5.74, 6) is 0. The van der Waals surface area contributed by atoms with Gasteiger partial charge in [0.15, 0.2) is 0 Å². The Morgan fingerprint density at radius 1 is 1.35 bits per heavy atom. The second-order valence-electron chi connectivity index (χ2n) is 6.00. The summed E-state index contributed by atoms with van der Waals surface area (Å²) < 4.78 is 5.53. The van der Waals surface area contributed by atoms with E-state index in [2.05, 4.69) is 23.7 Å². The fraction of sp³-hybridized carbons (Fsp3) is 0.438. The lowest BCUT2D eigenvalue weighted by atomic mass is 10.0. The molecular weight excluding hydrogens is 252 g/mol. The molecule has 4 heteroatoms.